The number of nitrogens with zero attached hydrogens (tertiary/aromatic N) is 2. The van der Waals surface area contributed by atoms with E-state index in [1.807, 2.05) is 6.92 Å². The van der Waals surface area contributed by atoms with Crippen LogP contribution in [0.15, 0.2) is 24.3 Å². The molecule has 2 saturated heterocycles. The fraction of sp³-hybridized carbons (Fsp3) is 0.625. The largest absolute Gasteiger partial charge is 0.370 e. The highest BCUT2D eigenvalue weighted by Crippen LogP contribution is 2.30. The monoisotopic (exact) mass is 259 g/mol. The van der Waals surface area contributed by atoms with Crippen LogP contribution in [0.2, 0.25) is 0 Å². The van der Waals surface area contributed by atoms with Gasteiger partial charge in [0.15, 0.2) is 0 Å². The lowest BCUT2D eigenvalue weighted by Gasteiger charge is -2.27. The van der Waals surface area contributed by atoms with Crippen molar-refractivity contribution >= 4 is 5.69 Å². The van der Waals surface area contributed by atoms with Crippen LogP contribution in [0.4, 0.5) is 5.69 Å². The highest BCUT2D eigenvalue weighted by molar-refractivity contribution is 5.48. The van der Waals surface area contributed by atoms with Crippen molar-refractivity contribution < 1.29 is 0 Å². The Kier molecular flexibility index (Phi) is 3.50. The van der Waals surface area contributed by atoms with E-state index < -0.39 is 0 Å². The second kappa shape index (κ2) is 5.14. The topological polar surface area (TPSA) is 32.5 Å². The van der Waals surface area contributed by atoms with Crippen LogP contribution in [0, 0.1) is 0 Å². The zero-order valence-electron chi connectivity index (χ0n) is 12.0. The molecule has 104 valence electrons. The van der Waals surface area contributed by atoms with Crippen molar-refractivity contribution in [1.29, 1.82) is 0 Å². The second-order valence-electron chi connectivity index (χ2n) is 6.17. The van der Waals surface area contributed by atoms with Crippen molar-refractivity contribution in [1.82, 2.24) is 4.90 Å². The molecule has 0 aromatic heterocycles. The normalized spacial score (nSPS) is 29.3. The van der Waals surface area contributed by atoms with E-state index in [4.69, 9.17) is 5.73 Å². The summed E-state index contributed by atoms with van der Waals surface area (Å²) in [6.45, 7) is 4.39. The molecule has 0 saturated carbocycles. The first kappa shape index (κ1) is 12.9. The zero-order valence-corrected chi connectivity index (χ0v) is 12.0. The lowest BCUT2D eigenvalue weighted by atomic mass is 10.1. The van der Waals surface area contributed by atoms with Crippen LogP contribution in [0.25, 0.3) is 0 Å². The quantitative estimate of drug-likeness (QED) is 0.885. The van der Waals surface area contributed by atoms with Crippen molar-refractivity contribution in [2.24, 2.45) is 5.73 Å². The van der Waals surface area contributed by atoms with Gasteiger partial charge in [0.2, 0.25) is 0 Å². The Labute approximate surface area is 116 Å². The maximum Gasteiger partial charge on any atom is 0.0366 e. The predicted molar refractivity (Wildman–Crippen MR) is 80.4 cm³/mol. The molecule has 3 atom stereocenters. The molecule has 2 aliphatic heterocycles. The maximum absolute atomic E-state index is 5.91. The van der Waals surface area contributed by atoms with Gasteiger partial charge in [-0.1, -0.05) is 12.1 Å². The van der Waals surface area contributed by atoms with Crippen molar-refractivity contribution in [2.75, 3.05) is 25.0 Å². The molecule has 2 N–H and O–H groups in total. The molecule has 19 heavy (non-hydrogen) atoms. The molecule has 2 aliphatic rings. The van der Waals surface area contributed by atoms with Crippen molar-refractivity contribution in [2.45, 2.75) is 44.3 Å². The van der Waals surface area contributed by atoms with Gasteiger partial charge in [-0.25, -0.2) is 0 Å². The number of anilines is 1. The van der Waals surface area contributed by atoms with Gasteiger partial charge in [0.05, 0.1) is 0 Å². The Morgan fingerprint density at radius 2 is 1.79 bits per heavy atom. The summed E-state index contributed by atoms with van der Waals surface area (Å²) in [6, 6.07) is 10.5. The molecule has 0 amide bonds. The molecule has 0 radical (unpaired) electrons. The summed E-state index contributed by atoms with van der Waals surface area (Å²) in [7, 11) is 2.30. The Bertz CT molecular complexity index is 426. The van der Waals surface area contributed by atoms with Crippen molar-refractivity contribution in [3.8, 4) is 0 Å². The van der Waals surface area contributed by atoms with Crippen molar-refractivity contribution in [3.05, 3.63) is 29.8 Å². The first-order valence-electron chi connectivity index (χ1n) is 7.47. The van der Waals surface area contributed by atoms with E-state index in [0.717, 1.165) is 12.1 Å². The summed E-state index contributed by atoms with van der Waals surface area (Å²) >= 11 is 0. The summed E-state index contributed by atoms with van der Waals surface area (Å²) in [5.74, 6) is 0. The first-order chi connectivity index (χ1) is 9.15. The van der Waals surface area contributed by atoms with E-state index >= 15 is 0 Å². The number of benzene rings is 1. The van der Waals surface area contributed by atoms with Gasteiger partial charge in [0.1, 0.15) is 0 Å². The van der Waals surface area contributed by atoms with Crippen LogP contribution in [-0.4, -0.2) is 37.1 Å². The Morgan fingerprint density at radius 3 is 2.47 bits per heavy atom. The fourth-order valence-electron chi connectivity index (χ4n) is 3.53. The molecular weight excluding hydrogens is 234 g/mol. The maximum atomic E-state index is 5.91. The van der Waals surface area contributed by atoms with Gasteiger partial charge in [-0.15, -0.1) is 0 Å². The Morgan fingerprint density at radius 1 is 1.11 bits per heavy atom. The van der Waals surface area contributed by atoms with E-state index in [1.54, 1.807) is 0 Å². The number of fused-ring (bicyclic) bond motifs is 2. The van der Waals surface area contributed by atoms with Crippen LogP contribution in [0.1, 0.15) is 37.8 Å². The second-order valence-corrected chi connectivity index (χ2v) is 6.17. The molecule has 0 spiro atoms. The fourth-order valence-corrected chi connectivity index (χ4v) is 3.53. The molecule has 0 aliphatic carbocycles. The number of rotatable bonds is 2. The van der Waals surface area contributed by atoms with Gasteiger partial charge in [0, 0.05) is 36.9 Å². The van der Waals surface area contributed by atoms with E-state index in [-0.39, 0.29) is 6.04 Å². The average Bonchev–Trinajstić information content (AvgIpc) is 2.63. The van der Waals surface area contributed by atoms with Crippen LogP contribution in [0.5, 0.6) is 0 Å². The average molecular weight is 259 g/mol. The molecule has 2 bridgehead atoms. The minimum Gasteiger partial charge on any atom is -0.370 e. The van der Waals surface area contributed by atoms with E-state index in [9.17, 15) is 0 Å². The molecule has 2 fully saturated rings. The van der Waals surface area contributed by atoms with Gasteiger partial charge >= 0.3 is 0 Å². The van der Waals surface area contributed by atoms with E-state index in [0.29, 0.717) is 0 Å². The third-order valence-corrected chi connectivity index (χ3v) is 4.93. The van der Waals surface area contributed by atoms with E-state index in [1.165, 1.54) is 43.6 Å². The molecule has 3 heteroatoms. The number of hydrogen-bond donors (Lipinski definition) is 1. The summed E-state index contributed by atoms with van der Waals surface area (Å²) in [4.78, 5) is 5.14. The summed E-state index contributed by atoms with van der Waals surface area (Å²) in [6.07, 6.45) is 4.04. The highest BCUT2D eigenvalue weighted by Gasteiger charge is 2.34. The third-order valence-electron chi connectivity index (χ3n) is 4.93. The van der Waals surface area contributed by atoms with Crippen LogP contribution < -0.4 is 10.6 Å². The Balaban J connectivity index is 1.75. The Hall–Kier alpha value is -1.06. The SMILES string of the molecule is C[C@@H](N)c1ccc(N2CCC3CCC(C2)N3C)cc1. The highest BCUT2D eigenvalue weighted by atomic mass is 15.3. The standard InChI is InChI=1S/C16H25N3/c1-12(17)13-3-5-15(6-4-13)19-10-9-14-7-8-16(11-19)18(14)2/h3-6,12,14,16H,7-11,17H2,1-2H3/t12-,14?,16?/m1/s1. The smallest absolute Gasteiger partial charge is 0.0366 e. The van der Waals surface area contributed by atoms with Crippen LogP contribution in [0.3, 0.4) is 0 Å². The third kappa shape index (κ3) is 2.49. The zero-order chi connectivity index (χ0) is 13.4. The molecule has 3 rings (SSSR count). The molecule has 1 aromatic rings. The predicted octanol–water partition coefficient (Wildman–Crippen LogP) is 2.38. The van der Waals surface area contributed by atoms with Crippen LogP contribution >= 0.6 is 0 Å². The van der Waals surface area contributed by atoms with Crippen molar-refractivity contribution in [3.63, 3.8) is 0 Å². The minimum atomic E-state index is 0.125. The lowest BCUT2D eigenvalue weighted by Crippen LogP contribution is -2.36. The van der Waals surface area contributed by atoms with Gasteiger partial charge in [0.25, 0.3) is 0 Å². The summed E-state index contributed by atoms with van der Waals surface area (Å²) < 4.78 is 0. The van der Waals surface area contributed by atoms with Gasteiger partial charge in [-0.2, -0.15) is 0 Å². The van der Waals surface area contributed by atoms with Gasteiger partial charge in [-0.05, 0) is 50.9 Å². The molecule has 2 unspecified atom stereocenters. The summed E-state index contributed by atoms with van der Waals surface area (Å²) in [5.41, 5.74) is 8.49. The van der Waals surface area contributed by atoms with Gasteiger partial charge in [-0.3, -0.25) is 4.90 Å². The van der Waals surface area contributed by atoms with Gasteiger partial charge < -0.3 is 10.6 Å². The van der Waals surface area contributed by atoms with E-state index in [2.05, 4.69) is 41.1 Å². The number of likely N-dealkylation sites (N-methyl/N-ethyl adjacent to an activating group) is 1. The molecule has 3 nitrogen and oxygen atoms in total. The molecule has 1 aromatic carbocycles. The lowest BCUT2D eigenvalue weighted by molar-refractivity contribution is 0.254. The molecular formula is C16H25N3. The summed E-state index contributed by atoms with van der Waals surface area (Å²) in [5, 5.41) is 0. The number of nitrogens with two attached hydrogens (primary N) is 1. The van der Waals surface area contributed by atoms with Crippen LogP contribution in [-0.2, 0) is 0 Å². The first-order valence-corrected chi connectivity index (χ1v) is 7.47. The number of hydrogen-bond acceptors (Lipinski definition) is 3. The molecule has 2 heterocycles. The minimum absolute atomic E-state index is 0.125.